The monoisotopic (exact) mass is 210 g/mol. The number of piperidine rings is 1. The Hall–Kier alpha value is -0.830. The molecule has 0 N–H and O–H groups in total. The maximum absolute atomic E-state index is 11.8. The average molecular weight is 210 g/mol. The Labute approximate surface area is 92.7 Å². The Morgan fingerprint density at radius 1 is 1.53 bits per heavy atom. The molecule has 0 aromatic rings. The van der Waals surface area contributed by atoms with Crippen molar-refractivity contribution in [2.45, 2.75) is 19.8 Å². The number of carbonyl (C=O) groups is 1. The molecule has 15 heavy (non-hydrogen) atoms. The van der Waals surface area contributed by atoms with E-state index in [0.717, 1.165) is 32.5 Å². The molecular formula is C12H22N2O. The number of hydrogen-bond acceptors (Lipinski definition) is 2. The maximum atomic E-state index is 11.8. The van der Waals surface area contributed by atoms with Crippen molar-refractivity contribution in [1.82, 2.24) is 9.80 Å². The second-order valence-electron chi connectivity index (χ2n) is 4.76. The molecular weight excluding hydrogens is 188 g/mol. The highest BCUT2D eigenvalue weighted by molar-refractivity contribution is 5.78. The van der Waals surface area contributed by atoms with E-state index in [2.05, 4.69) is 11.5 Å². The lowest BCUT2D eigenvalue weighted by Crippen LogP contribution is -2.43. The van der Waals surface area contributed by atoms with Gasteiger partial charge in [-0.15, -0.1) is 0 Å². The minimum Gasteiger partial charge on any atom is -0.349 e. The van der Waals surface area contributed by atoms with E-state index in [1.807, 2.05) is 21.0 Å². The van der Waals surface area contributed by atoms with Crippen molar-refractivity contribution in [2.75, 3.05) is 33.7 Å². The first kappa shape index (κ1) is 12.2. The summed E-state index contributed by atoms with van der Waals surface area (Å²) in [5, 5.41) is 0. The van der Waals surface area contributed by atoms with Gasteiger partial charge >= 0.3 is 0 Å². The summed E-state index contributed by atoms with van der Waals surface area (Å²) in [6.45, 7) is 8.88. The van der Waals surface area contributed by atoms with Crippen molar-refractivity contribution in [3.05, 3.63) is 12.2 Å². The van der Waals surface area contributed by atoms with Crippen LogP contribution in [0.1, 0.15) is 19.8 Å². The molecule has 1 atom stereocenters. The first-order chi connectivity index (χ1) is 7.00. The number of rotatable bonds is 3. The maximum Gasteiger partial charge on any atom is 0.226 e. The number of amides is 1. The van der Waals surface area contributed by atoms with Gasteiger partial charge < -0.3 is 4.90 Å². The molecule has 0 spiro atoms. The molecule has 0 aliphatic carbocycles. The van der Waals surface area contributed by atoms with Crippen LogP contribution in [0.25, 0.3) is 0 Å². The van der Waals surface area contributed by atoms with Gasteiger partial charge in [-0.1, -0.05) is 12.2 Å². The van der Waals surface area contributed by atoms with E-state index in [1.54, 1.807) is 4.90 Å². The van der Waals surface area contributed by atoms with E-state index >= 15 is 0 Å². The Balaban J connectivity index is 2.48. The van der Waals surface area contributed by atoms with Gasteiger partial charge in [-0.25, -0.2) is 0 Å². The molecule has 0 aromatic carbocycles. The van der Waals surface area contributed by atoms with Crippen LogP contribution in [0.4, 0.5) is 0 Å². The normalized spacial score (nSPS) is 22.5. The van der Waals surface area contributed by atoms with Crippen LogP contribution in [0.2, 0.25) is 0 Å². The minimum absolute atomic E-state index is 0.188. The molecule has 1 rings (SSSR count). The lowest BCUT2D eigenvalue weighted by Gasteiger charge is -2.33. The van der Waals surface area contributed by atoms with Crippen LogP contribution in [0.5, 0.6) is 0 Å². The fraction of sp³-hybridized carbons (Fsp3) is 0.750. The van der Waals surface area contributed by atoms with Crippen LogP contribution in [0.3, 0.4) is 0 Å². The summed E-state index contributed by atoms with van der Waals surface area (Å²) in [6, 6.07) is 0. The van der Waals surface area contributed by atoms with Crippen LogP contribution in [-0.2, 0) is 4.79 Å². The number of nitrogens with zero attached hydrogens (tertiary/aromatic N) is 2. The summed E-state index contributed by atoms with van der Waals surface area (Å²) in [5.41, 5.74) is 1.17. The molecule has 0 bridgehead atoms. The van der Waals surface area contributed by atoms with Gasteiger partial charge in [-0.05, 0) is 26.3 Å². The third-order valence-electron chi connectivity index (χ3n) is 2.79. The molecule has 1 saturated heterocycles. The van der Waals surface area contributed by atoms with Gasteiger partial charge in [0, 0.05) is 27.2 Å². The van der Waals surface area contributed by atoms with Gasteiger partial charge in [-0.3, -0.25) is 9.69 Å². The molecule has 3 heteroatoms. The van der Waals surface area contributed by atoms with Gasteiger partial charge in [0.15, 0.2) is 0 Å². The van der Waals surface area contributed by atoms with Gasteiger partial charge in [-0.2, -0.15) is 0 Å². The van der Waals surface area contributed by atoms with E-state index < -0.39 is 0 Å². The smallest absolute Gasteiger partial charge is 0.226 e. The van der Waals surface area contributed by atoms with E-state index in [1.165, 1.54) is 5.57 Å². The minimum atomic E-state index is 0.188. The van der Waals surface area contributed by atoms with Crippen LogP contribution >= 0.6 is 0 Å². The molecule has 0 radical (unpaired) electrons. The highest BCUT2D eigenvalue weighted by Crippen LogP contribution is 2.18. The first-order valence-electron chi connectivity index (χ1n) is 5.58. The summed E-state index contributed by atoms with van der Waals surface area (Å²) in [5.74, 6) is 0.453. The second-order valence-corrected chi connectivity index (χ2v) is 4.76. The average Bonchev–Trinajstić information content (AvgIpc) is 2.16. The highest BCUT2D eigenvalue weighted by atomic mass is 16.2. The molecule has 1 heterocycles. The first-order valence-corrected chi connectivity index (χ1v) is 5.58. The van der Waals surface area contributed by atoms with E-state index in [4.69, 9.17) is 0 Å². The highest BCUT2D eigenvalue weighted by Gasteiger charge is 2.26. The predicted molar refractivity (Wildman–Crippen MR) is 62.7 cm³/mol. The van der Waals surface area contributed by atoms with Gasteiger partial charge in [0.1, 0.15) is 0 Å². The predicted octanol–water partition coefficient (Wildman–Crippen LogP) is 1.36. The van der Waals surface area contributed by atoms with Gasteiger partial charge in [0.05, 0.1) is 5.92 Å². The van der Waals surface area contributed by atoms with Crippen LogP contribution < -0.4 is 0 Å². The van der Waals surface area contributed by atoms with E-state index in [9.17, 15) is 4.79 Å². The summed E-state index contributed by atoms with van der Waals surface area (Å²) < 4.78 is 0. The standard InChI is InChI=1S/C12H22N2O/c1-10(2)8-14-7-5-6-11(9-14)12(15)13(3)4/h11H,1,5-9H2,2-4H3. The van der Waals surface area contributed by atoms with E-state index in [0.29, 0.717) is 0 Å². The Bertz CT molecular complexity index is 248. The SMILES string of the molecule is C=C(C)CN1CCCC(C(=O)N(C)C)C1. The summed E-state index contributed by atoms with van der Waals surface area (Å²) >= 11 is 0. The van der Waals surface area contributed by atoms with Crippen molar-refractivity contribution in [3.63, 3.8) is 0 Å². The van der Waals surface area contributed by atoms with Gasteiger partial charge in [0.25, 0.3) is 0 Å². The topological polar surface area (TPSA) is 23.6 Å². The molecule has 3 nitrogen and oxygen atoms in total. The molecule has 1 fully saturated rings. The second kappa shape index (κ2) is 5.31. The van der Waals surface area contributed by atoms with Crippen LogP contribution in [-0.4, -0.2) is 49.4 Å². The van der Waals surface area contributed by atoms with Crippen molar-refractivity contribution in [2.24, 2.45) is 5.92 Å². The molecule has 1 unspecified atom stereocenters. The summed E-state index contributed by atoms with van der Waals surface area (Å²) in [6.07, 6.45) is 2.15. The third kappa shape index (κ3) is 3.67. The fourth-order valence-corrected chi connectivity index (χ4v) is 2.15. The lowest BCUT2D eigenvalue weighted by atomic mass is 9.96. The Kier molecular flexibility index (Phi) is 4.33. The Morgan fingerprint density at radius 2 is 2.20 bits per heavy atom. The molecule has 1 aliphatic rings. The zero-order valence-corrected chi connectivity index (χ0v) is 10.1. The summed E-state index contributed by atoms with van der Waals surface area (Å²) in [7, 11) is 3.67. The number of carbonyl (C=O) groups excluding carboxylic acids is 1. The quantitative estimate of drug-likeness (QED) is 0.657. The fourth-order valence-electron chi connectivity index (χ4n) is 2.15. The molecule has 0 aromatic heterocycles. The van der Waals surface area contributed by atoms with Crippen LogP contribution in [0.15, 0.2) is 12.2 Å². The van der Waals surface area contributed by atoms with Crippen LogP contribution in [0, 0.1) is 5.92 Å². The number of likely N-dealkylation sites (tertiary alicyclic amines) is 1. The molecule has 1 amide bonds. The molecule has 86 valence electrons. The molecule has 1 aliphatic heterocycles. The van der Waals surface area contributed by atoms with E-state index in [-0.39, 0.29) is 11.8 Å². The zero-order valence-electron chi connectivity index (χ0n) is 10.1. The van der Waals surface area contributed by atoms with Crippen molar-refractivity contribution in [3.8, 4) is 0 Å². The lowest BCUT2D eigenvalue weighted by molar-refractivity contribution is -0.134. The Morgan fingerprint density at radius 3 is 2.73 bits per heavy atom. The third-order valence-corrected chi connectivity index (χ3v) is 2.79. The van der Waals surface area contributed by atoms with Crippen molar-refractivity contribution in [1.29, 1.82) is 0 Å². The number of hydrogen-bond donors (Lipinski definition) is 0. The summed E-state index contributed by atoms with van der Waals surface area (Å²) in [4.78, 5) is 15.8. The van der Waals surface area contributed by atoms with Crippen molar-refractivity contribution < 1.29 is 4.79 Å². The largest absolute Gasteiger partial charge is 0.349 e. The van der Waals surface area contributed by atoms with Gasteiger partial charge in [0.2, 0.25) is 5.91 Å². The van der Waals surface area contributed by atoms with Crippen molar-refractivity contribution >= 4 is 5.91 Å². The molecule has 0 saturated carbocycles. The zero-order chi connectivity index (χ0) is 11.4.